The molecule has 4 atom stereocenters. The lowest BCUT2D eigenvalue weighted by Crippen LogP contribution is -2.43. The Balaban J connectivity index is 1.02. The monoisotopic (exact) mass is 587 g/mol. The van der Waals surface area contributed by atoms with Crippen LogP contribution in [0.3, 0.4) is 0 Å². The van der Waals surface area contributed by atoms with Gasteiger partial charge in [-0.25, -0.2) is 4.79 Å². The molecule has 6 rings (SSSR count). The summed E-state index contributed by atoms with van der Waals surface area (Å²) in [5, 5.41) is 14.2. The largest absolute Gasteiger partial charge is 0.493 e. The molecule has 0 saturated carbocycles. The van der Waals surface area contributed by atoms with E-state index in [0.29, 0.717) is 19.3 Å². The highest BCUT2D eigenvalue weighted by molar-refractivity contribution is 5.87. The van der Waals surface area contributed by atoms with Crippen molar-refractivity contribution in [1.82, 2.24) is 15.2 Å². The molecule has 3 aliphatic rings. The first-order valence-corrected chi connectivity index (χ1v) is 15.3. The predicted octanol–water partition coefficient (Wildman–Crippen LogP) is 4.16. The zero-order valence-electron chi connectivity index (χ0n) is 24.9. The van der Waals surface area contributed by atoms with Crippen LogP contribution in [-0.4, -0.2) is 72.4 Å². The highest BCUT2D eigenvalue weighted by Crippen LogP contribution is 2.55. The fourth-order valence-electron chi connectivity index (χ4n) is 7.11. The summed E-state index contributed by atoms with van der Waals surface area (Å²) in [5.41, 5.74) is 4.19. The molecule has 0 saturated heterocycles. The Morgan fingerprint density at radius 2 is 2.05 bits per heavy atom. The number of carbonyl (C=O) groups is 2. The Morgan fingerprint density at radius 1 is 1.19 bits per heavy atom. The predicted molar refractivity (Wildman–Crippen MR) is 163 cm³/mol. The number of fused-ring (bicyclic) bond motifs is 1. The number of nitrogens with zero attached hydrogens (tertiary/aromatic N) is 1. The van der Waals surface area contributed by atoms with Crippen molar-refractivity contribution in [3.63, 3.8) is 0 Å². The smallest absolute Gasteiger partial charge is 0.328 e. The third kappa shape index (κ3) is 5.76. The molecule has 1 aliphatic carbocycles. The quantitative estimate of drug-likeness (QED) is 0.175. The number of hydrogen-bond acceptors (Lipinski definition) is 7. The number of para-hydroxylation sites is 1. The molecule has 3 aromatic rings. The second-order valence-electron chi connectivity index (χ2n) is 12.0. The molecule has 1 aromatic heterocycles. The second kappa shape index (κ2) is 12.4. The fourth-order valence-corrected chi connectivity index (χ4v) is 7.11. The van der Waals surface area contributed by atoms with E-state index in [4.69, 9.17) is 14.2 Å². The molecule has 9 heteroatoms. The van der Waals surface area contributed by atoms with E-state index in [2.05, 4.69) is 27.3 Å². The average molecular weight is 588 g/mol. The van der Waals surface area contributed by atoms with Gasteiger partial charge in [0.15, 0.2) is 11.5 Å². The van der Waals surface area contributed by atoms with Crippen molar-refractivity contribution in [2.75, 3.05) is 27.3 Å². The van der Waals surface area contributed by atoms with E-state index in [1.807, 2.05) is 42.6 Å². The molecule has 0 fully saturated rings. The number of aromatic nitrogens is 1. The molecule has 3 heterocycles. The Labute approximate surface area is 252 Å². The number of amides is 1. The van der Waals surface area contributed by atoms with Crippen LogP contribution < -0.4 is 14.8 Å². The Kier molecular flexibility index (Phi) is 8.45. The number of carbonyl (C=O) groups excluding carboxylic acids is 2. The van der Waals surface area contributed by atoms with Crippen LogP contribution in [0.5, 0.6) is 11.5 Å². The highest BCUT2D eigenvalue weighted by Gasteiger charge is 2.52. The number of nitrogens with one attached hydrogen (secondary N) is 2. The SMILES string of the molecule is COC(=O)[C@H](Cc1c[nH]c2ccccc12)NC(=O)CCCCCN1CC[C@@]23C=C[C@H](O)C[C@@H]2Oc2c(OC)ccc(c23)C1. The Bertz CT molecular complexity index is 1520. The van der Waals surface area contributed by atoms with Crippen molar-refractivity contribution >= 4 is 22.8 Å². The van der Waals surface area contributed by atoms with Crippen LogP contribution in [0.4, 0.5) is 0 Å². The minimum Gasteiger partial charge on any atom is -0.493 e. The molecule has 2 aliphatic heterocycles. The summed E-state index contributed by atoms with van der Waals surface area (Å²) >= 11 is 0. The van der Waals surface area contributed by atoms with Crippen LogP contribution in [0.2, 0.25) is 0 Å². The number of aromatic amines is 1. The number of aliphatic hydroxyl groups is 1. The molecule has 2 aromatic carbocycles. The summed E-state index contributed by atoms with van der Waals surface area (Å²) in [5.74, 6) is 0.994. The lowest BCUT2D eigenvalue weighted by Gasteiger charge is -2.35. The van der Waals surface area contributed by atoms with E-state index >= 15 is 0 Å². The van der Waals surface area contributed by atoms with Crippen molar-refractivity contribution in [1.29, 1.82) is 0 Å². The number of hydrogen-bond donors (Lipinski definition) is 3. The van der Waals surface area contributed by atoms with Crippen LogP contribution in [0.25, 0.3) is 10.9 Å². The lowest BCUT2D eigenvalue weighted by molar-refractivity contribution is -0.145. The average Bonchev–Trinajstić information content (AvgIpc) is 3.53. The molecular formula is C34H41N3O6. The van der Waals surface area contributed by atoms with Crippen LogP contribution in [0.1, 0.15) is 55.2 Å². The molecule has 228 valence electrons. The number of H-pyrrole nitrogens is 1. The third-order valence-corrected chi connectivity index (χ3v) is 9.33. The van der Waals surface area contributed by atoms with Gasteiger partial charge in [-0.3, -0.25) is 9.69 Å². The van der Waals surface area contributed by atoms with Gasteiger partial charge in [0, 0.05) is 48.5 Å². The number of aliphatic hydroxyl groups excluding tert-OH is 1. The first-order valence-electron chi connectivity index (χ1n) is 15.3. The van der Waals surface area contributed by atoms with Crippen LogP contribution in [0.15, 0.2) is 54.7 Å². The number of ether oxygens (including phenoxy) is 3. The number of methoxy groups -OCH3 is 2. The van der Waals surface area contributed by atoms with E-state index in [1.54, 1.807) is 7.11 Å². The molecule has 1 amide bonds. The summed E-state index contributed by atoms with van der Waals surface area (Å²) in [6.45, 7) is 2.68. The molecule has 0 radical (unpaired) electrons. The van der Waals surface area contributed by atoms with Gasteiger partial charge >= 0.3 is 5.97 Å². The Hall–Kier alpha value is -3.82. The van der Waals surface area contributed by atoms with Crippen LogP contribution in [0, 0.1) is 0 Å². The fraction of sp³-hybridized carbons (Fsp3) is 0.471. The van der Waals surface area contributed by atoms with Crippen molar-refractivity contribution in [2.45, 2.75) is 75.2 Å². The van der Waals surface area contributed by atoms with Gasteiger partial charge in [-0.15, -0.1) is 0 Å². The van der Waals surface area contributed by atoms with Gasteiger partial charge in [0.1, 0.15) is 12.1 Å². The van der Waals surface area contributed by atoms with Crippen molar-refractivity contribution in [2.24, 2.45) is 0 Å². The maximum atomic E-state index is 12.8. The lowest BCUT2D eigenvalue weighted by atomic mass is 9.69. The Morgan fingerprint density at radius 3 is 2.88 bits per heavy atom. The van der Waals surface area contributed by atoms with Gasteiger partial charge in [0.05, 0.1) is 25.7 Å². The standard InChI is InChI=1S/C34H41N3O6/c1-41-28-12-11-22-21-37(17-15-34-14-13-24(38)19-29(34)43-32(28)31(22)34)16-7-3-4-10-30(39)36-27(33(40)42-2)18-23-20-35-26-9-6-5-8-25(23)26/h5-6,8-9,11-14,20,24,27,29,35,38H,3-4,7,10,15-19,21H2,1-2H3,(H,36,39)/t24-,27-,29-,34-/m0/s1. The van der Waals surface area contributed by atoms with Crippen LogP contribution >= 0.6 is 0 Å². The van der Waals surface area contributed by atoms with E-state index in [9.17, 15) is 14.7 Å². The molecule has 9 nitrogen and oxygen atoms in total. The molecular weight excluding hydrogens is 546 g/mol. The molecule has 0 unspecified atom stereocenters. The maximum Gasteiger partial charge on any atom is 0.328 e. The zero-order chi connectivity index (χ0) is 30.0. The van der Waals surface area contributed by atoms with Gasteiger partial charge in [-0.1, -0.05) is 42.8 Å². The van der Waals surface area contributed by atoms with Crippen molar-refractivity contribution in [3.8, 4) is 11.5 Å². The topological polar surface area (TPSA) is 113 Å². The molecule has 0 bridgehead atoms. The van der Waals surface area contributed by atoms with E-state index in [-0.39, 0.29) is 17.4 Å². The van der Waals surface area contributed by atoms with Gasteiger partial charge in [-0.2, -0.15) is 0 Å². The van der Waals surface area contributed by atoms with E-state index in [1.165, 1.54) is 18.2 Å². The van der Waals surface area contributed by atoms with Crippen molar-refractivity contribution in [3.05, 3.63) is 71.4 Å². The van der Waals surface area contributed by atoms with Gasteiger partial charge in [0.25, 0.3) is 0 Å². The van der Waals surface area contributed by atoms with Crippen molar-refractivity contribution < 1.29 is 28.9 Å². The van der Waals surface area contributed by atoms with Crippen LogP contribution in [-0.2, 0) is 32.7 Å². The van der Waals surface area contributed by atoms with E-state index < -0.39 is 18.1 Å². The molecule has 43 heavy (non-hydrogen) atoms. The highest BCUT2D eigenvalue weighted by atomic mass is 16.5. The summed E-state index contributed by atoms with van der Waals surface area (Å²) in [6, 6.07) is 11.3. The normalized spacial score (nSPS) is 23.1. The summed E-state index contributed by atoms with van der Waals surface area (Å²) in [6.07, 6.45) is 10.3. The number of esters is 1. The minimum absolute atomic E-state index is 0.0965. The third-order valence-electron chi connectivity index (χ3n) is 9.33. The molecule has 3 N–H and O–H groups in total. The number of rotatable bonds is 11. The summed E-state index contributed by atoms with van der Waals surface area (Å²) in [4.78, 5) is 31.0. The maximum absolute atomic E-state index is 12.8. The second-order valence-corrected chi connectivity index (χ2v) is 12.0. The van der Waals surface area contributed by atoms with Gasteiger partial charge in [-0.05, 0) is 55.6 Å². The summed E-state index contributed by atoms with van der Waals surface area (Å²) < 4.78 is 17.0. The number of benzene rings is 2. The first-order chi connectivity index (χ1) is 20.9. The first kappa shape index (κ1) is 29.3. The van der Waals surface area contributed by atoms with Gasteiger partial charge in [0.2, 0.25) is 5.91 Å². The molecule has 1 spiro atoms. The minimum atomic E-state index is -0.731. The number of unbranched alkanes of at least 4 members (excludes halogenated alkanes) is 2. The zero-order valence-corrected chi connectivity index (χ0v) is 24.9. The summed E-state index contributed by atoms with van der Waals surface area (Å²) in [7, 11) is 3.02. The van der Waals surface area contributed by atoms with Gasteiger partial charge < -0.3 is 29.6 Å². The van der Waals surface area contributed by atoms with E-state index in [0.717, 1.165) is 73.3 Å².